The molecule has 0 aromatic carbocycles. The number of terminal acetylenes is 1. The Hall–Kier alpha value is -1.70. The largest absolute Gasteiger partial charge is 0.464 e. The van der Waals surface area contributed by atoms with Gasteiger partial charge in [-0.3, -0.25) is 4.90 Å². The molecule has 0 saturated carbocycles. The number of esters is 1. The van der Waals surface area contributed by atoms with Gasteiger partial charge in [-0.15, -0.1) is 12.3 Å². The van der Waals surface area contributed by atoms with E-state index in [1.54, 1.807) is 20.8 Å². The Labute approximate surface area is 114 Å². The van der Waals surface area contributed by atoms with Crippen molar-refractivity contribution in [2.75, 3.05) is 13.2 Å². The van der Waals surface area contributed by atoms with Crippen LogP contribution >= 0.6 is 0 Å². The van der Waals surface area contributed by atoms with Crippen LogP contribution in [-0.4, -0.2) is 41.8 Å². The van der Waals surface area contributed by atoms with Crippen LogP contribution < -0.4 is 0 Å². The fourth-order valence-electron chi connectivity index (χ4n) is 1.83. The van der Waals surface area contributed by atoms with E-state index in [2.05, 4.69) is 5.92 Å². The first-order valence-corrected chi connectivity index (χ1v) is 6.45. The molecule has 1 atom stereocenters. The van der Waals surface area contributed by atoms with E-state index in [1.807, 2.05) is 0 Å². The third kappa shape index (κ3) is 4.82. The zero-order chi connectivity index (χ0) is 14.5. The van der Waals surface area contributed by atoms with Crippen LogP contribution in [0.25, 0.3) is 0 Å². The van der Waals surface area contributed by atoms with E-state index < -0.39 is 17.7 Å². The van der Waals surface area contributed by atoms with Crippen molar-refractivity contribution in [3.63, 3.8) is 0 Å². The number of hydrogen-bond acceptors (Lipinski definition) is 4. The lowest BCUT2D eigenvalue weighted by Crippen LogP contribution is -2.49. The summed E-state index contributed by atoms with van der Waals surface area (Å²) in [7, 11) is 0. The molecule has 0 aliphatic carbocycles. The molecule has 19 heavy (non-hydrogen) atoms. The minimum Gasteiger partial charge on any atom is -0.464 e. The average molecular weight is 267 g/mol. The third-order valence-electron chi connectivity index (χ3n) is 2.64. The highest BCUT2D eigenvalue weighted by Gasteiger charge is 2.35. The normalized spacial score (nSPS) is 19.3. The van der Waals surface area contributed by atoms with Crippen LogP contribution in [0.2, 0.25) is 0 Å². The molecule has 0 aromatic heterocycles. The fraction of sp³-hybridized carbons (Fsp3) is 0.714. The van der Waals surface area contributed by atoms with Crippen molar-refractivity contribution in [3.05, 3.63) is 0 Å². The van der Waals surface area contributed by atoms with Gasteiger partial charge >= 0.3 is 12.1 Å². The van der Waals surface area contributed by atoms with E-state index in [4.69, 9.17) is 15.9 Å². The number of hydrogen-bond donors (Lipinski definition) is 0. The summed E-state index contributed by atoms with van der Waals surface area (Å²) in [5.74, 6) is 2.09. The molecule has 0 aromatic rings. The molecule has 1 rings (SSSR count). The van der Waals surface area contributed by atoms with Gasteiger partial charge in [0.2, 0.25) is 0 Å². The molecule has 1 aliphatic rings. The second-order valence-electron chi connectivity index (χ2n) is 5.45. The maximum atomic E-state index is 12.1. The van der Waals surface area contributed by atoms with Crippen molar-refractivity contribution in [2.24, 2.45) is 0 Å². The highest BCUT2D eigenvalue weighted by atomic mass is 16.6. The molecular formula is C14H21NO4. The van der Waals surface area contributed by atoms with E-state index in [1.165, 1.54) is 4.90 Å². The molecule has 0 bridgehead atoms. The van der Waals surface area contributed by atoms with Gasteiger partial charge in [-0.05, 0) is 33.6 Å². The molecule has 1 fully saturated rings. The zero-order valence-electron chi connectivity index (χ0n) is 11.8. The molecule has 5 nitrogen and oxygen atoms in total. The van der Waals surface area contributed by atoms with Gasteiger partial charge < -0.3 is 9.47 Å². The standard InChI is InChI=1S/C14H21NO4/c1-5-6-9-15(13(17)19-14(2,3)4)11-8-7-10-18-12(11)16/h1,11H,6-10H2,2-4H3. The molecule has 1 aliphatic heterocycles. The van der Waals surface area contributed by atoms with Crippen LogP contribution in [0.5, 0.6) is 0 Å². The van der Waals surface area contributed by atoms with Crippen LogP contribution in [0.4, 0.5) is 4.79 Å². The van der Waals surface area contributed by atoms with Crippen molar-refractivity contribution in [1.82, 2.24) is 4.90 Å². The van der Waals surface area contributed by atoms with Crippen LogP contribution in [0.1, 0.15) is 40.0 Å². The number of nitrogens with zero attached hydrogens (tertiary/aromatic N) is 1. The summed E-state index contributed by atoms with van der Waals surface area (Å²) in [6, 6.07) is -0.586. The van der Waals surface area contributed by atoms with Gasteiger partial charge in [-0.2, -0.15) is 0 Å². The molecule has 1 heterocycles. The van der Waals surface area contributed by atoms with Gasteiger partial charge in [0.1, 0.15) is 11.6 Å². The predicted molar refractivity (Wildman–Crippen MR) is 70.4 cm³/mol. The summed E-state index contributed by atoms with van der Waals surface area (Å²) in [6.07, 6.45) is 6.41. The first-order valence-electron chi connectivity index (χ1n) is 6.45. The van der Waals surface area contributed by atoms with Crippen molar-refractivity contribution in [2.45, 2.75) is 51.7 Å². The molecule has 5 heteroatoms. The minimum atomic E-state index is -0.607. The summed E-state index contributed by atoms with van der Waals surface area (Å²) in [4.78, 5) is 25.3. The maximum absolute atomic E-state index is 12.1. The summed E-state index contributed by atoms with van der Waals surface area (Å²) in [5.41, 5.74) is -0.607. The van der Waals surface area contributed by atoms with Crippen molar-refractivity contribution in [1.29, 1.82) is 0 Å². The number of amides is 1. The minimum absolute atomic E-state index is 0.297. The van der Waals surface area contributed by atoms with E-state index in [0.717, 1.165) is 6.42 Å². The van der Waals surface area contributed by atoms with Gasteiger partial charge in [0, 0.05) is 13.0 Å². The molecule has 1 saturated heterocycles. The Kier molecular flexibility index (Phi) is 5.22. The van der Waals surface area contributed by atoms with E-state index >= 15 is 0 Å². The molecule has 1 unspecified atom stereocenters. The van der Waals surface area contributed by atoms with E-state index in [0.29, 0.717) is 26.0 Å². The summed E-state index contributed by atoms with van der Waals surface area (Å²) in [6.45, 7) is 6.05. The van der Waals surface area contributed by atoms with Crippen molar-refractivity contribution < 1.29 is 19.1 Å². The lowest BCUT2D eigenvalue weighted by molar-refractivity contribution is -0.154. The van der Waals surface area contributed by atoms with Crippen molar-refractivity contribution >= 4 is 12.1 Å². The Morgan fingerprint density at radius 2 is 2.26 bits per heavy atom. The molecule has 0 radical (unpaired) electrons. The Morgan fingerprint density at radius 3 is 2.79 bits per heavy atom. The first kappa shape index (κ1) is 15.4. The monoisotopic (exact) mass is 267 g/mol. The average Bonchev–Trinajstić information content (AvgIpc) is 2.29. The summed E-state index contributed by atoms with van der Waals surface area (Å²) >= 11 is 0. The van der Waals surface area contributed by atoms with Gasteiger partial charge in [0.05, 0.1) is 6.61 Å². The second-order valence-corrected chi connectivity index (χ2v) is 5.45. The zero-order valence-corrected chi connectivity index (χ0v) is 11.8. The molecule has 1 amide bonds. The molecule has 0 N–H and O–H groups in total. The van der Waals surface area contributed by atoms with Gasteiger partial charge in [-0.25, -0.2) is 9.59 Å². The van der Waals surface area contributed by atoms with Crippen molar-refractivity contribution in [3.8, 4) is 12.3 Å². The number of cyclic esters (lactones) is 1. The predicted octanol–water partition coefficient (Wildman–Crippen LogP) is 1.95. The second kappa shape index (κ2) is 6.46. The van der Waals surface area contributed by atoms with Crippen LogP contribution in [0, 0.1) is 12.3 Å². The van der Waals surface area contributed by atoms with Gasteiger partial charge in [0.15, 0.2) is 0 Å². The first-order chi connectivity index (χ1) is 8.85. The van der Waals surface area contributed by atoms with E-state index in [-0.39, 0.29) is 5.97 Å². The highest BCUT2D eigenvalue weighted by Crippen LogP contribution is 2.18. The quantitative estimate of drug-likeness (QED) is 0.579. The van der Waals surface area contributed by atoms with Crippen LogP contribution in [0.15, 0.2) is 0 Å². The number of rotatable bonds is 3. The molecule has 0 spiro atoms. The molecule has 106 valence electrons. The Bertz CT molecular complexity index is 378. The molecular weight excluding hydrogens is 246 g/mol. The topological polar surface area (TPSA) is 55.8 Å². The maximum Gasteiger partial charge on any atom is 0.411 e. The smallest absolute Gasteiger partial charge is 0.411 e. The fourth-order valence-corrected chi connectivity index (χ4v) is 1.83. The summed E-state index contributed by atoms with van der Waals surface area (Å²) in [5, 5.41) is 0. The summed E-state index contributed by atoms with van der Waals surface area (Å²) < 4.78 is 10.3. The van der Waals surface area contributed by atoms with Crippen LogP contribution in [0.3, 0.4) is 0 Å². The lowest BCUT2D eigenvalue weighted by atomic mass is 10.1. The Balaban J connectivity index is 2.78. The highest BCUT2D eigenvalue weighted by molar-refractivity contribution is 5.82. The number of carbonyl (C=O) groups excluding carboxylic acids is 2. The third-order valence-corrected chi connectivity index (χ3v) is 2.64. The van der Waals surface area contributed by atoms with Crippen LogP contribution in [-0.2, 0) is 14.3 Å². The SMILES string of the molecule is C#CCCN(C(=O)OC(C)(C)C)C1CCCOC1=O. The lowest BCUT2D eigenvalue weighted by Gasteiger charge is -2.33. The number of ether oxygens (including phenoxy) is 2. The Morgan fingerprint density at radius 1 is 1.58 bits per heavy atom. The van der Waals surface area contributed by atoms with E-state index in [9.17, 15) is 9.59 Å². The number of carbonyl (C=O) groups is 2. The van der Waals surface area contributed by atoms with Gasteiger partial charge in [0.25, 0.3) is 0 Å². The van der Waals surface area contributed by atoms with Gasteiger partial charge in [-0.1, -0.05) is 0 Å².